The molecule has 0 amide bonds. The van der Waals surface area contributed by atoms with Gasteiger partial charge in [0.25, 0.3) is 0 Å². The third-order valence-corrected chi connectivity index (χ3v) is 5.17. The van der Waals surface area contributed by atoms with Gasteiger partial charge in [-0.1, -0.05) is 13.3 Å². The number of hydrogen-bond donors (Lipinski definition) is 2. The quantitative estimate of drug-likeness (QED) is 0.571. The smallest absolute Gasteiger partial charge is 0.0602 e. The highest BCUT2D eigenvalue weighted by Crippen LogP contribution is 2.16. The second kappa shape index (κ2) is 11.7. The molecule has 104 valence electrons. The van der Waals surface area contributed by atoms with Gasteiger partial charge < -0.3 is 10.2 Å². The Balaban J connectivity index is 3.19. The normalized spacial score (nSPS) is 16.8. The summed E-state index contributed by atoms with van der Waals surface area (Å²) in [5, 5.41) is 18.2. The highest BCUT2D eigenvalue weighted by molar-refractivity contribution is 7.99. The van der Waals surface area contributed by atoms with Gasteiger partial charge in [-0.3, -0.25) is 0 Å². The third-order valence-electron chi connectivity index (χ3n) is 2.36. The lowest BCUT2D eigenvalue weighted by Crippen LogP contribution is -2.06. The van der Waals surface area contributed by atoms with Crippen LogP contribution in [0.2, 0.25) is 0 Å². The first-order valence-electron chi connectivity index (χ1n) is 6.54. The van der Waals surface area contributed by atoms with Crippen LogP contribution in [0.1, 0.15) is 40.0 Å². The second-order valence-corrected chi connectivity index (χ2v) is 7.14. The van der Waals surface area contributed by atoms with Crippen molar-refractivity contribution in [3.63, 3.8) is 0 Å². The summed E-state index contributed by atoms with van der Waals surface area (Å²) >= 11 is 3.70. The fourth-order valence-corrected chi connectivity index (χ4v) is 3.44. The summed E-state index contributed by atoms with van der Waals surface area (Å²) < 4.78 is 0. The van der Waals surface area contributed by atoms with Crippen LogP contribution in [-0.2, 0) is 0 Å². The molecule has 0 aromatic carbocycles. The molecular formula is C13H28O2S2. The molecule has 17 heavy (non-hydrogen) atoms. The molecule has 0 aliphatic heterocycles. The number of aliphatic hydroxyl groups excluding tert-OH is 2. The largest absolute Gasteiger partial charge is 0.393 e. The summed E-state index contributed by atoms with van der Waals surface area (Å²) in [4.78, 5) is 0. The molecule has 0 rings (SSSR count). The third kappa shape index (κ3) is 14.6. The lowest BCUT2D eigenvalue weighted by Gasteiger charge is -2.11. The van der Waals surface area contributed by atoms with Gasteiger partial charge in [-0.15, -0.1) is 0 Å². The van der Waals surface area contributed by atoms with Crippen molar-refractivity contribution < 1.29 is 10.2 Å². The molecule has 2 N–H and O–H groups in total. The molecule has 0 heterocycles. The minimum atomic E-state index is -0.177. The Bertz CT molecular complexity index is 163. The van der Waals surface area contributed by atoms with Crippen LogP contribution in [0.4, 0.5) is 0 Å². The molecule has 0 aliphatic carbocycles. The van der Waals surface area contributed by atoms with E-state index in [1.165, 1.54) is 25.0 Å². The van der Waals surface area contributed by atoms with Gasteiger partial charge in [-0.05, 0) is 44.1 Å². The van der Waals surface area contributed by atoms with E-state index in [4.69, 9.17) is 10.2 Å². The Morgan fingerprint density at radius 3 is 2.00 bits per heavy atom. The van der Waals surface area contributed by atoms with Crippen molar-refractivity contribution in [1.82, 2.24) is 0 Å². The fraction of sp³-hybridized carbons (Fsp3) is 1.00. The number of unbranched alkanes of at least 4 members (excludes halogenated alkanes) is 1. The van der Waals surface area contributed by atoms with E-state index in [-0.39, 0.29) is 12.2 Å². The Labute approximate surface area is 115 Å². The molecule has 0 aromatic rings. The van der Waals surface area contributed by atoms with Crippen LogP contribution in [0.25, 0.3) is 0 Å². The van der Waals surface area contributed by atoms with Gasteiger partial charge in [-0.2, -0.15) is 23.5 Å². The molecule has 4 heteroatoms. The Morgan fingerprint density at radius 1 is 0.824 bits per heavy atom. The molecule has 0 aliphatic rings. The van der Waals surface area contributed by atoms with Crippen molar-refractivity contribution in [1.29, 1.82) is 0 Å². The Hall–Kier alpha value is 0.620. The summed E-state index contributed by atoms with van der Waals surface area (Å²) in [6, 6.07) is 0. The minimum Gasteiger partial charge on any atom is -0.393 e. The van der Waals surface area contributed by atoms with Gasteiger partial charge in [0, 0.05) is 11.5 Å². The molecule has 0 spiro atoms. The lowest BCUT2D eigenvalue weighted by atomic mass is 10.1. The standard InChI is InChI=1S/C13H28O2S2/c1-11(8-17-10-13(3)15)6-4-5-7-16-9-12(2)14/h11-15H,4-10H2,1-3H3. The zero-order chi connectivity index (χ0) is 13.1. The monoisotopic (exact) mass is 280 g/mol. The number of hydrogen-bond acceptors (Lipinski definition) is 4. The maximum atomic E-state index is 9.14. The van der Waals surface area contributed by atoms with Gasteiger partial charge in [-0.25, -0.2) is 0 Å². The molecule has 0 bridgehead atoms. The van der Waals surface area contributed by atoms with Gasteiger partial charge in [0.1, 0.15) is 0 Å². The minimum absolute atomic E-state index is 0.171. The first-order chi connectivity index (χ1) is 8.02. The first kappa shape index (κ1) is 17.6. The summed E-state index contributed by atoms with van der Waals surface area (Å²) in [6.45, 7) is 5.98. The van der Waals surface area contributed by atoms with Crippen LogP contribution in [0.3, 0.4) is 0 Å². The zero-order valence-electron chi connectivity index (χ0n) is 11.4. The van der Waals surface area contributed by atoms with E-state index < -0.39 is 0 Å². The van der Waals surface area contributed by atoms with E-state index in [9.17, 15) is 0 Å². The van der Waals surface area contributed by atoms with Crippen LogP contribution in [0, 0.1) is 5.92 Å². The molecule has 2 nitrogen and oxygen atoms in total. The molecule has 3 atom stereocenters. The van der Waals surface area contributed by atoms with E-state index in [0.717, 1.165) is 23.2 Å². The fourth-order valence-electron chi connectivity index (χ4n) is 1.47. The van der Waals surface area contributed by atoms with Gasteiger partial charge in [0.2, 0.25) is 0 Å². The maximum Gasteiger partial charge on any atom is 0.0602 e. The van der Waals surface area contributed by atoms with E-state index >= 15 is 0 Å². The molecule has 0 fully saturated rings. The van der Waals surface area contributed by atoms with Gasteiger partial charge in [0.15, 0.2) is 0 Å². The molecule has 0 saturated carbocycles. The van der Waals surface area contributed by atoms with E-state index in [2.05, 4.69) is 6.92 Å². The molecule has 3 unspecified atom stereocenters. The van der Waals surface area contributed by atoms with E-state index in [1.54, 1.807) is 0 Å². The maximum absolute atomic E-state index is 9.14. The Kier molecular flexibility index (Phi) is 12.1. The van der Waals surface area contributed by atoms with Crippen LogP contribution in [0.15, 0.2) is 0 Å². The highest BCUT2D eigenvalue weighted by Gasteiger charge is 2.04. The van der Waals surface area contributed by atoms with Crippen LogP contribution in [0.5, 0.6) is 0 Å². The summed E-state index contributed by atoms with van der Waals surface area (Å²) in [6.07, 6.45) is 3.47. The predicted molar refractivity (Wildman–Crippen MR) is 81.0 cm³/mol. The van der Waals surface area contributed by atoms with Crippen molar-refractivity contribution in [2.24, 2.45) is 5.92 Å². The van der Waals surface area contributed by atoms with E-state index in [1.807, 2.05) is 37.4 Å². The van der Waals surface area contributed by atoms with Crippen LogP contribution < -0.4 is 0 Å². The van der Waals surface area contributed by atoms with Gasteiger partial charge >= 0.3 is 0 Å². The molecular weight excluding hydrogens is 252 g/mol. The lowest BCUT2D eigenvalue weighted by molar-refractivity contribution is 0.220. The predicted octanol–water partition coefficient (Wildman–Crippen LogP) is 3.02. The van der Waals surface area contributed by atoms with Crippen molar-refractivity contribution in [3.05, 3.63) is 0 Å². The van der Waals surface area contributed by atoms with Crippen molar-refractivity contribution in [3.8, 4) is 0 Å². The van der Waals surface area contributed by atoms with Crippen LogP contribution >= 0.6 is 23.5 Å². The molecule has 0 saturated heterocycles. The zero-order valence-corrected chi connectivity index (χ0v) is 13.0. The number of rotatable bonds is 11. The molecule has 0 aromatic heterocycles. The van der Waals surface area contributed by atoms with Gasteiger partial charge in [0.05, 0.1) is 12.2 Å². The van der Waals surface area contributed by atoms with Crippen LogP contribution in [-0.4, -0.2) is 45.4 Å². The second-order valence-electron chi connectivity index (χ2n) is 4.91. The average Bonchev–Trinajstić information content (AvgIpc) is 2.22. The first-order valence-corrected chi connectivity index (χ1v) is 8.85. The van der Waals surface area contributed by atoms with Crippen molar-refractivity contribution in [2.45, 2.75) is 52.2 Å². The summed E-state index contributed by atoms with van der Waals surface area (Å²) in [7, 11) is 0. The number of thioether (sulfide) groups is 2. The van der Waals surface area contributed by atoms with Crippen molar-refractivity contribution in [2.75, 3.05) is 23.0 Å². The topological polar surface area (TPSA) is 40.5 Å². The average molecular weight is 280 g/mol. The molecule has 0 radical (unpaired) electrons. The van der Waals surface area contributed by atoms with Crippen molar-refractivity contribution >= 4 is 23.5 Å². The SMILES string of the molecule is CC(O)CSCCCCC(C)CSCC(C)O. The Morgan fingerprint density at radius 2 is 1.41 bits per heavy atom. The summed E-state index contributed by atoms with van der Waals surface area (Å²) in [5.41, 5.74) is 0. The number of aliphatic hydroxyl groups is 2. The summed E-state index contributed by atoms with van der Waals surface area (Å²) in [5.74, 6) is 4.79. The van der Waals surface area contributed by atoms with E-state index in [0.29, 0.717) is 0 Å². The highest BCUT2D eigenvalue weighted by atomic mass is 32.2.